The Kier molecular flexibility index (Phi) is 3.88. The molecule has 0 amide bonds. The summed E-state index contributed by atoms with van der Waals surface area (Å²) in [5, 5.41) is 0. The van der Waals surface area contributed by atoms with Crippen LogP contribution >= 0.6 is 0 Å². The molecule has 0 saturated carbocycles. The largest absolute Gasteiger partial charge is 0.497 e. The van der Waals surface area contributed by atoms with Crippen LogP contribution in [-0.2, 0) is 17.8 Å². The Morgan fingerprint density at radius 3 is 2.80 bits per heavy atom. The minimum absolute atomic E-state index is 0.170. The van der Waals surface area contributed by atoms with Crippen molar-refractivity contribution in [3.63, 3.8) is 0 Å². The van der Waals surface area contributed by atoms with Crippen LogP contribution < -0.4 is 9.47 Å². The van der Waals surface area contributed by atoms with Gasteiger partial charge in [0.2, 0.25) is 6.29 Å². The van der Waals surface area contributed by atoms with E-state index in [4.69, 9.17) is 14.2 Å². The Morgan fingerprint density at radius 1 is 1.15 bits per heavy atom. The highest BCUT2D eigenvalue weighted by molar-refractivity contribution is 5.40. The van der Waals surface area contributed by atoms with Gasteiger partial charge in [-0.05, 0) is 30.2 Å². The van der Waals surface area contributed by atoms with Crippen LogP contribution in [0.5, 0.6) is 11.5 Å². The molecule has 0 fully saturated rings. The van der Waals surface area contributed by atoms with Crippen molar-refractivity contribution in [3.05, 3.63) is 59.7 Å². The molecule has 0 spiro atoms. The first-order chi connectivity index (χ1) is 9.85. The molecule has 104 valence electrons. The number of fused-ring (bicyclic) bond motifs is 1. The second-order valence-electron chi connectivity index (χ2n) is 4.86. The lowest BCUT2D eigenvalue weighted by atomic mass is 10.1. The second-order valence-corrected chi connectivity index (χ2v) is 4.86. The number of benzene rings is 2. The highest BCUT2D eigenvalue weighted by Crippen LogP contribution is 2.30. The molecule has 1 aliphatic rings. The van der Waals surface area contributed by atoms with E-state index < -0.39 is 0 Å². The van der Waals surface area contributed by atoms with Crippen molar-refractivity contribution >= 4 is 0 Å². The molecule has 3 heteroatoms. The standard InChI is InChI=1S/C17H18O3/c1-18-15-8-9-16-14(11-15)12-19-17(20-16)10-7-13-5-3-2-4-6-13/h2-6,8-9,11,17H,7,10,12H2,1H3. The maximum absolute atomic E-state index is 5.88. The van der Waals surface area contributed by atoms with E-state index in [0.29, 0.717) is 6.61 Å². The number of ether oxygens (including phenoxy) is 3. The van der Waals surface area contributed by atoms with Crippen LogP contribution in [0.15, 0.2) is 48.5 Å². The minimum atomic E-state index is -0.170. The summed E-state index contributed by atoms with van der Waals surface area (Å²) in [6, 6.07) is 16.2. The maximum atomic E-state index is 5.88. The van der Waals surface area contributed by atoms with Crippen LogP contribution in [0.1, 0.15) is 17.5 Å². The Bertz CT molecular complexity index is 566. The van der Waals surface area contributed by atoms with Crippen LogP contribution in [0.4, 0.5) is 0 Å². The third kappa shape index (κ3) is 2.94. The third-order valence-electron chi connectivity index (χ3n) is 3.46. The van der Waals surface area contributed by atoms with Gasteiger partial charge < -0.3 is 14.2 Å². The lowest BCUT2D eigenvalue weighted by Gasteiger charge is -2.26. The van der Waals surface area contributed by atoms with Gasteiger partial charge in [-0.1, -0.05) is 30.3 Å². The third-order valence-corrected chi connectivity index (χ3v) is 3.46. The predicted molar refractivity (Wildman–Crippen MR) is 77.0 cm³/mol. The van der Waals surface area contributed by atoms with Crippen molar-refractivity contribution < 1.29 is 14.2 Å². The van der Waals surface area contributed by atoms with Gasteiger partial charge in [-0.25, -0.2) is 0 Å². The molecular weight excluding hydrogens is 252 g/mol. The fourth-order valence-corrected chi connectivity index (χ4v) is 2.34. The first kappa shape index (κ1) is 13.0. The Morgan fingerprint density at radius 2 is 2.00 bits per heavy atom. The fourth-order valence-electron chi connectivity index (χ4n) is 2.34. The average molecular weight is 270 g/mol. The van der Waals surface area contributed by atoms with E-state index in [0.717, 1.165) is 29.9 Å². The smallest absolute Gasteiger partial charge is 0.200 e. The molecule has 1 heterocycles. The molecule has 20 heavy (non-hydrogen) atoms. The maximum Gasteiger partial charge on any atom is 0.200 e. The number of aryl methyl sites for hydroxylation is 1. The summed E-state index contributed by atoms with van der Waals surface area (Å²) in [7, 11) is 1.66. The Labute approximate surface area is 119 Å². The van der Waals surface area contributed by atoms with Crippen LogP contribution in [0.25, 0.3) is 0 Å². The van der Waals surface area contributed by atoms with Crippen LogP contribution in [0.2, 0.25) is 0 Å². The molecule has 2 aromatic rings. The van der Waals surface area contributed by atoms with Crippen molar-refractivity contribution in [2.75, 3.05) is 7.11 Å². The van der Waals surface area contributed by atoms with Gasteiger partial charge in [-0.3, -0.25) is 0 Å². The number of rotatable bonds is 4. The lowest BCUT2D eigenvalue weighted by molar-refractivity contribution is -0.111. The molecule has 3 rings (SSSR count). The van der Waals surface area contributed by atoms with Crippen molar-refractivity contribution in [2.45, 2.75) is 25.7 Å². The summed E-state index contributed by atoms with van der Waals surface area (Å²) >= 11 is 0. The van der Waals surface area contributed by atoms with E-state index in [1.807, 2.05) is 24.3 Å². The van der Waals surface area contributed by atoms with E-state index in [1.54, 1.807) is 7.11 Å². The zero-order valence-corrected chi connectivity index (χ0v) is 11.5. The highest BCUT2D eigenvalue weighted by atomic mass is 16.7. The predicted octanol–water partition coefficient (Wildman–Crippen LogP) is 3.56. The second kappa shape index (κ2) is 5.97. The fraction of sp³-hybridized carbons (Fsp3) is 0.294. The van der Waals surface area contributed by atoms with Gasteiger partial charge in [0.05, 0.1) is 13.7 Å². The minimum Gasteiger partial charge on any atom is -0.497 e. The normalized spacial score (nSPS) is 17.1. The summed E-state index contributed by atoms with van der Waals surface area (Å²) in [5.41, 5.74) is 2.35. The van der Waals surface area contributed by atoms with E-state index >= 15 is 0 Å². The van der Waals surface area contributed by atoms with Crippen LogP contribution in [0, 0.1) is 0 Å². The zero-order valence-electron chi connectivity index (χ0n) is 11.5. The molecule has 1 unspecified atom stereocenters. The van der Waals surface area contributed by atoms with Gasteiger partial charge in [0.15, 0.2) is 0 Å². The Hall–Kier alpha value is -2.00. The van der Waals surface area contributed by atoms with Gasteiger partial charge >= 0.3 is 0 Å². The summed E-state index contributed by atoms with van der Waals surface area (Å²) < 4.78 is 16.8. The molecular formula is C17H18O3. The van der Waals surface area contributed by atoms with E-state index in [2.05, 4.69) is 24.3 Å². The highest BCUT2D eigenvalue weighted by Gasteiger charge is 2.20. The average Bonchev–Trinajstić information content (AvgIpc) is 2.53. The molecule has 3 nitrogen and oxygen atoms in total. The monoisotopic (exact) mass is 270 g/mol. The molecule has 0 N–H and O–H groups in total. The van der Waals surface area contributed by atoms with Crippen molar-refractivity contribution in [1.82, 2.24) is 0 Å². The zero-order chi connectivity index (χ0) is 13.8. The molecule has 0 bridgehead atoms. The quantitative estimate of drug-likeness (QED) is 0.850. The summed E-state index contributed by atoms with van der Waals surface area (Å²) in [6.07, 6.45) is 1.64. The summed E-state index contributed by atoms with van der Waals surface area (Å²) in [6.45, 7) is 0.575. The summed E-state index contributed by atoms with van der Waals surface area (Å²) in [5.74, 6) is 1.73. The van der Waals surface area contributed by atoms with Crippen LogP contribution in [0.3, 0.4) is 0 Å². The van der Waals surface area contributed by atoms with E-state index in [1.165, 1.54) is 5.56 Å². The lowest BCUT2D eigenvalue weighted by Crippen LogP contribution is -2.26. The van der Waals surface area contributed by atoms with Gasteiger partial charge in [0, 0.05) is 12.0 Å². The van der Waals surface area contributed by atoms with E-state index in [-0.39, 0.29) is 6.29 Å². The first-order valence-corrected chi connectivity index (χ1v) is 6.84. The van der Waals surface area contributed by atoms with Gasteiger partial charge in [0.25, 0.3) is 0 Å². The van der Waals surface area contributed by atoms with Crippen molar-refractivity contribution in [2.24, 2.45) is 0 Å². The molecule has 0 radical (unpaired) electrons. The Balaban J connectivity index is 1.61. The SMILES string of the molecule is COc1ccc2c(c1)COC(CCc1ccccc1)O2. The van der Waals surface area contributed by atoms with Crippen LogP contribution in [-0.4, -0.2) is 13.4 Å². The number of methoxy groups -OCH3 is 1. The van der Waals surface area contributed by atoms with Gasteiger partial charge in [-0.15, -0.1) is 0 Å². The molecule has 0 aromatic heterocycles. The topological polar surface area (TPSA) is 27.7 Å². The summed E-state index contributed by atoms with van der Waals surface area (Å²) in [4.78, 5) is 0. The van der Waals surface area contributed by atoms with E-state index in [9.17, 15) is 0 Å². The molecule has 1 atom stereocenters. The van der Waals surface area contributed by atoms with Crippen molar-refractivity contribution in [3.8, 4) is 11.5 Å². The molecule has 2 aromatic carbocycles. The molecule has 0 saturated heterocycles. The first-order valence-electron chi connectivity index (χ1n) is 6.84. The molecule has 1 aliphatic heterocycles. The van der Waals surface area contributed by atoms with Gasteiger partial charge in [-0.2, -0.15) is 0 Å². The number of hydrogen-bond donors (Lipinski definition) is 0. The van der Waals surface area contributed by atoms with Gasteiger partial charge in [0.1, 0.15) is 11.5 Å². The molecule has 0 aliphatic carbocycles. The number of hydrogen-bond acceptors (Lipinski definition) is 3. The van der Waals surface area contributed by atoms with Crippen molar-refractivity contribution in [1.29, 1.82) is 0 Å².